The summed E-state index contributed by atoms with van der Waals surface area (Å²) in [7, 11) is 0. The maximum Gasteiger partial charge on any atom is 0.134 e. The highest BCUT2D eigenvalue weighted by Crippen LogP contribution is 2.27. The summed E-state index contributed by atoms with van der Waals surface area (Å²) in [6.45, 7) is 11.2. The van der Waals surface area contributed by atoms with Crippen molar-refractivity contribution in [2.45, 2.75) is 52.6 Å². The number of nitrogens with one attached hydrogen (secondary N) is 1. The summed E-state index contributed by atoms with van der Waals surface area (Å²) in [6, 6.07) is 13.0. The average molecular weight is 388 g/mol. The molecule has 0 amide bonds. The van der Waals surface area contributed by atoms with Gasteiger partial charge in [0, 0.05) is 37.8 Å². The molecule has 0 radical (unpaired) electrons. The molecule has 1 aliphatic heterocycles. The molecule has 4 rings (SSSR count). The van der Waals surface area contributed by atoms with Gasteiger partial charge in [0.1, 0.15) is 18.0 Å². The van der Waals surface area contributed by atoms with Crippen molar-refractivity contribution in [1.29, 1.82) is 0 Å². The van der Waals surface area contributed by atoms with Crippen LogP contribution in [0, 0.1) is 6.92 Å². The van der Waals surface area contributed by atoms with Crippen molar-refractivity contribution in [3.05, 3.63) is 76.9 Å². The van der Waals surface area contributed by atoms with Crippen molar-refractivity contribution in [3.63, 3.8) is 0 Å². The van der Waals surface area contributed by atoms with Crippen molar-refractivity contribution in [3.8, 4) is 0 Å². The van der Waals surface area contributed by atoms with Crippen molar-refractivity contribution in [2.75, 3.05) is 16.8 Å². The average Bonchev–Trinajstić information content (AvgIpc) is 2.72. The molecule has 3 heterocycles. The first-order valence-corrected chi connectivity index (χ1v) is 10.2. The molecule has 0 unspecified atom stereocenters. The van der Waals surface area contributed by atoms with E-state index in [4.69, 9.17) is 0 Å². The molecule has 0 saturated heterocycles. The standard InChI is InChI=1S/C24H29N5/c1-17-5-10-22(25-13-17)29-12-11-21-20(15-29)23(28-16-27-21)26-14-18-6-8-19(9-7-18)24(2,3)4/h5-10,13,16H,11-12,14-15H2,1-4H3,(H,26,27,28). The second-order valence-electron chi connectivity index (χ2n) is 8.81. The Hall–Kier alpha value is -2.95. The summed E-state index contributed by atoms with van der Waals surface area (Å²) in [6.07, 6.45) is 4.50. The van der Waals surface area contributed by atoms with Crippen LogP contribution < -0.4 is 10.2 Å². The van der Waals surface area contributed by atoms with Gasteiger partial charge in [-0.2, -0.15) is 0 Å². The van der Waals surface area contributed by atoms with E-state index in [1.54, 1.807) is 6.33 Å². The lowest BCUT2D eigenvalue weighted by molar-refractivity contribution is 0.590. The van der Waals surface area contributed by atoms with Crippen LogP contribution in [0.2, 0.25) is 0 Å². The molecule has 1 aliphatic rings. The third-order valence-electron chi connectivity index (χ3n) is 5.50. The van der Waals surface area contributed by atoms with Crippen LogP contribution in [0.5, 0.6) is 0 Å². The van der Waals surface area contributed by atoms with Gasteiger partial charge in [0.25, 0.3) is 0 Å². The van der Waals surface area contributed by atoms with Crippen LogP contribution in [0.4, 0.5) is 11.6 Å². The van der Waals surface area contributed by atoms with Gasteiger partial charge < -0.3 is 10.2 Å². The third kappa shape index (κ3) is 4.39. The van der Waals surface area contributed by atoms with Crippen molar-refractivity contribution >= 4 is 11.6 Å². The van der Waals surface area contributed by atoms with Crippen LogP contribution in [0.25, 0.3) is 0 Å². The van der Waals surface area contributed by atoms with E-state index in [9.17, 15) is 0 Å². The van der Waals surface area contributed by atoms with Gasteiger partial charge in [0.05, 0.1) is 5.69 Å². The lowest BCUT2D eigenvalue weighted by atomic mass is 9.87. The van der Waals surface area contributed by atoms with E-state index in [1.807, 2.05) is 6.20 Å². The number of aryl methyl sites for hydroxylation is 1. The Kier molecular flexibility index (Phi) is 5.22. The lowest BCUT2D eigenvalue weighted by Gasteiger charge is -2.30. The molecule has 0 spiro atoms. The van der Waals surface area contributed by atoms with Gasteiger partial charge >= 0.3 is 0 Å². The van der Waals surface area contributed by atoms with Crippen molar-refractivity contribution in [1.82, 2.24) is 15.0 Å². The molecular formula is C24H29N5. The molecule has 0 atom stereocenters. The van der Waals surface area contributed by atoms with E-state index in [0.29, 0.717) is 0 Å². The molecule has 2 aromatic heterocycles. The van der Waals surface area contributed by atoms with E-state index < -0.39 is 0 Å². The van der Waals surface area contributed by atoms with E-state index in [2.05, 4.69) is 89.3 Å². The van der Waals surface area contributed by atoms with E-state index >= 15 is 0 Å². The van der Waals surface area contributed by atoms with Gasteiger partial charge in [-0.1, -0.05) is 51.1 Å². The number of fused-ring (bicyclic) bond motifs is 1. The smallest absolute Gasteiger partial charge is 0.134 e. The monoisotopic (exact) mass is 387 g/mol. The predicted octanol–water partition coefficient (Wildman–Crippen LogP) is 4.65. The number of benzene rings is 1. The van der Waals surface area contributed by atoms with Crippen LogP contribution >= 0.6 is 0 Å². The Morgan fingerprint density at radius 1 is 1.00 bits per heavy atom. The molecule has 5 heteroatoms. The summed E-state index contributed by atoms with van der Waals surface area (Å²) in [5.74, 6) is 1.93. The molecule has 0 aliphatic carbocycles. The number of hydrogen-bond acceptors (Lipinski definition) is 5. The second-order valence-corrected chi connectivity index (χ2v) is 8.81. The normalized spacial score (nSPS) is 13.9. The summed E-state index contributed by atoms with van der Waals surface area (Å²) in [5, 5.41) is 3.53. The van der Waals surface area contributed by atoms with Gasteiger partial charge in [-0.3, -0.25) is 0 Å². The first kappa shape index (κ1) is 19.4. The van der Waals surface area contributed by atoms with Crippen LogP contribution in [0.15, 0.2) is 48.9 Å². The number of hydrogen-bond donors (Lipinski definition) is 1. The maximum atomic E-state index is 4.59. The third-order valence-corrected chi connectivity index (χ3v) is 5.50. The van der Waals surface area contributed by atoms with Gasteiger partial charge in [-0.05, 0) is 35.1 Å². The molecule has 0 fully saturated rings. The highest BCUT2D eigenvalue weighted by molar-refractivity contribution is 5.52. The summed E-state index contributed by atoms with van der Waals surface area (Å²) in [4.78, 5) is 15.9. The molecule has 5 nitrogen and oxygen atoms in total. The number of aromatic nitrogens is 3. The molecule has 150 valence electrons. The van der Waals surface area contributed by atoms with E-state index in [-0.39, 0.29) is 5.41 Å². The molecule has 0 bridgehead atoms. The number of anilines is 2. The summed E-state index contributed by atoms with van der Waals surface area (Å²) < 4.78 is 0. The number of pyridine rings is 1. The fraction of sp³-hybridized carbons (Fsp3) is 0.375. The molecule has 1 aromatic carbocycles. The maximum absolute atomic E-state index is 4.59. The Labute approximate surface area is 173 Å². The summed E-state index contributed by atoms with van der Waals surface area (Å²) in [5.41, 5.74) is 6.25. The summed E-state index contributed by atoms with van der Waals surface area (Å²) >= 11 is 0. The SMILES string of the molecule is Cc1ccc(N2CCc3ncnc(NCc4ccc(C(C)(C)C)cc4)c3C2)nc1. The minimum Gasteiger partial charge on any atom is -0.366 e. The Morgan fingerprint density at radius 2 is 1.79 bits per heavy atom. The van der Waals surface area contributed by atoms with Crippen LogP contribution in [-0.2, 0) is 24.9 Å². The van der Waals surface area contributed by atoms with Gasteiger partial charge in [0.15, 0.2) is 0 Å². The molecule has 29 heavy (non-hydrogen) atoms. The fourth-order valence-corrected chi connectivity index (χ4v) is 3.64. The second kappa shape index (κ2) is 7.82. The van der Waals surface area contributed by atoms with Gasteiger partial charge in [0.2, 0.25) is 0 Å². The van der Waals surface area contributed by atoms with E-state index in [0.717, 1.165) is 43.4 Å². The predicted molar refractivity (Wildman–Crippen MR) is 118 cm³/mol. The van der Waals surface area contributed by atoms with Gasteiger partial charge in [-0.25, -0.2) is 15.0 Å². The Balaban J connectivity index is 1.49. The first-order chi connectivity index (χ1) is 13.9. The Bertz CT molecular complexity index is 972. The van der Waals surface area contributed by atoms with Crippen LogP contribution in [0.1, 0.15) is 48.7 Å². The fourth-order valence-electron chi connectivity index (χ4n) is 3.64. The number of rotatable bonds is 4. The zero-order valence-corrected chi connectivity index (χ0v) is 17.7. The zero-order valence-electron chi connectivity index (χ0n) is 17.7. The minimum absolute atomic E-state index is 0.172. The lowest BCUT2D eigenvalue weighted by Crippen LogP contribution is -2.32. The zero-order chi connectivity index (χ0) is 20.4. The van der Waals surface area contributed by atoms with E-state index in [1.165, 1.54) is 22.3 Å². The Morgan fingerprint density at radius 3 is 2.48 bits per heavy atom. The molecule has 1 N–H and O–H groups in total. The van der Waals surface area contributed by atoms with Gasteiger partial charge in [-0.15, -0.1) is 0 Å². The highest BCUT2D eigenvalue weighted by atomic mass is 15.2. The van der Waals surface area contributed by atoms with Crippen LogP contribution in [-0.4, -0.2) is 21.5 Å². The molecule has 3 aromatic rings. The number of nitrogens with zero attached hydrogens (tertiary/aromatic N) is 4. The molecule has 0 saturated carbocycles. The van der Waals surface area contributed by atoms with Crippen molar-refractivity contribution < 1.29 is 0 Å². The minimum atomic E-state index is 0.172. The first-order valence-electron chi connectivity index (χ1n) is 10.2. The largest absolute Gasteiger partial charge is 0.366 e. The van der Waals surface area contributed by atoms with Crippen LogP contribution in [0.3, 0.4) is 0 Å². The highest BCUT2D eigenvalue weighted by Gasteiger charge is 2.22. The topological polar surface area (TPSA) is 53.9 Å². The molecular weight excluding hydrogens is 358 g/mol. The van der Waals surface area contributed by atoms with Crippen molar-refractivity contribution in [2.24, 2.45) is 0 Å². The quantitative estimate of drug-likeness (QED) is 0.706.